The predicted octanol–water partition coefficient (Wildman–Crippen LogP) is 2.79. The lowest BCUT2D eigenvalue weighted by atomic mass is 9.80. The summed E-state index contributed by atoms with van der Waals surface area (Å²) >= 11 is 5.70. The molecular formula is C13H16ClN3O4. The second-order valence-electron chi connectivity index (χ2n) is 4.93. The van der Waals surface area contributed by atoms with Crippen LogP contribution < -0.4 is 5.32 Å². The van der Waals surface area contributed by atoms with Crippen molar-refractivity contribution in [1.82, 2.24) is 4.98 Å². The Kier molecular flexibility index (Phi) is 5.08. The summed E-state index contributed by atoms with van der Waals surface area (Å²) in [4.78, 5) is 26.0. The van der Waals surface area contributed by atoms with Gasteiger partial charge in [-0.15, -0.1) is 0 Å². The van der Waals surface area contributed by atoms with Gasteiger partial charge in [-0.2, -0.15) is 0 Å². The van der Waals surface area contributed by atoms with Crippen molar-refractivity contribution in [3.8, 4) is 0 Å². The Morgan fingerprint density at radius 2 is 2.29 bits per heavy atom. The number of aromatic nitrogens is 1. The molecule has 1 aliphatic rings. The normalized spacial score (nSPS) is 20.7. The molecule has 0 atom stereocenters. The molecule has 1 aromatic rings. The molecular weight excluding hydrogens is 298 g/mol. The molecule has 0 aliphatic heterocycles. The van der Waals surface area contributed by atoms with E-state index in [1.54, 1.807) is 0 Å². The van der Waals surface area contributed by atoms with E-state index in [4.69, 9.17) is 16.3 Å². The fourth-order valence-electron chi connectivity index (χ4n) is 2.33. The van der Waals surface area contributed by atoms with E-state index in [0.717, 1.165) is 12.8 Å². The van der Waals surface area contributed by atoms with E-state index in [1.165, 1.54) is 12.1 Å². The second kappa shape index (κ2) is 6.82. The molecule has 1 fully saturated rings. The van der Waals surface area contributed by atoms with Gasteiger partial charge in [0, 0.05) is 19.1 Å². The minimum absolute atomic E-state index is 0.0935. The van der Waals surface area contributed by atoms with Gasteiger partial charge in [-0.1, -0.05) is 11.6 Å². The van der Waals surface area contributed by atoms with Gasteiger partial charge in [-0.05, 0) is 31.7 Å². The number of anilines is 1. The minimum Gasteiger partial charge on any atom is -0.378 e. The van der Waals surface area contributed by atoms with E-state index in [0.29, 0.717) is 13.0 Å². The number of nitrogens with one attached hydrogen (secondary N) is 1. The van der Waals surface area contributed by atoms with Gasteiger partial charge in [0.05, 0.1) is 11.0 Å². The van der Waals surface area contributed by atoms with Gasteiger partial charge in [0.25, 0.3) is 0 Å². The first-order valence-electron chi connectivity index (χ1n) is 6.72. The number of halogens is 1. The second-order valence-corrected chi connectivity index (χ2v) is 5.31. The quantitative estimate of drug-likeness (QED) is 0.495. The highest BCUT2D eigenvalue weighted by Gasteiger charge is 2.31. The molecule has 0 spiro atoms. The summed E-state index contributed by atoms with van der Waals surface area (Å²) in [6.07, 6.45) is 2.21. The highest BCUT2D eigenvalue weighted by atomic mass is 35.5. The SMILES string of the molecule is CCOC1CC(CC(=O)Nc2nc(Cl)ccc2[N+](=O)[O-])C1. The van der Waals surface area contributed by atoms with E-state index in [9.17, 15) is 14.9 Å². The van der Waals surface area contributed by atoms with Crippen LogP contribution in [-0.4, -0.2) is 28.5 Å². The lowest BCUT2D eigenvalue weighted by Crippen LogP contribution is -2.34. The molecule has 1 saturated carbocycles. The summed E-state index contributed by atoms with van der Waals surface area (Å²) in [5.74, 6) is -0.161. The van der Waals surface area contributed by atoms with Gasteiger partial charge in [-0.3, -0.25) is 14.9 Å². The number of carbonyl (C=O) groups is 1. The van der Waals surface area contributed by atoms with Crippen LogP contribution in [0.5, 0.6) is 0 Å². The maximum atomic E-state index is 11.9. The van der Waals surface area contributed by atoms with E-state index in [-0.39, 0.29) is 34.6 Å². The van der Waals surface area contributed by atoms with Gasteiger partial charge in [-0.25, -0.2) is 4.98 Å². The largest absolute Gasteiger partial charge is 0.378 e. The molecule has 0 unspecified atom stereocenters. The molecule has 1 aliphatic carbocycles. The number of pyridine rings is 1. The Labute approximate surface area is 126 Å². The van der Waals surface area contributed by atoms with Crippen molar-refractivity contribution in [3.05, 3.63) is 27.4 Å². The van der Waals surface area contributed by atoms with Crippen LogP contribution in [0.25, 0.3) is 0 Å². The Hall–Kier alpha value is -1.73. The third kappa shape index (κ3) is 4.12. The Bertz CT molecular complexity index is 546. The van der Waals surface area contributed by atoms with Crippen LogP contribution in [-0.2, 0) is 9.53 Å². The summed E-state index contributed by atoms with van der Waals surface area (Å²) in [6, 6.07) is 2.54. The zero-order valence-corrected chi connectivity index (χ0v) is 12.3. The lowest BCUT2D eigenvalue weighted by Gasteiger charge is -2.34. The van der Waals surface area contributed by atoms with E-state index >= 15 is 0 Å². The van der Waals surface area contributed by atoms with Gasteiger partial charge < -0.3 is 10.1 Å². The van der Waals surface area contributed by atoms with Gasteiger partial charge in [0.1, 0.15) is 5.15 Å². The maximum absolute atomic E-state index is 11.9. The number of nitro groups is 1. The van der Waals surface area contributed by atoms with Crippen LogP contribution in [0.15, 0.2) is 12.1 Å². The number of rotatable bonds is 6. The van der Waals surface area contributed by atoms with E-state index in [2.05, 4.69) is 10.3 Å². The maximum Gasteiger partial charge on any atom is 0.311 e. The molecule has 1 aromatic heterocycles. The standard InChI is InChI=1S/C13H16ClN3O4/c1-2-21-9-5-8(6-9)7-12(18)16-13-10(17(19)20)3-4-11(14)15-13/h3-4,8-9H,2,5-7H2,1H3,(H,15,16,18). The molecule has 114 valence electrons. The summed E-state index contributed by atoms with van der Waals surface area (Å²) in [6.45, 7) is 2.60. The average Bonchev–Trinajstić information content (AvgIpc) is 2.36. The van der Waals surface area contributed by atoms with Crippen LogP contribution in [0.1, 0.15) is 26.2 Å². The topological polar surface area (TPSA) is 94.4 Å². The molecule has 1 N–H and O–H groups in total. The molecule has 1 heterocycles. The van der Waals surface area contributed by atoms with Crippen molar-refractivity contribution in [2.75, 3.05) is 11.9 Å². The third-order valence-corrected chi connectivity index (χ3v) is 3.57. The molecule has 8 heteroatoms. The van der Waals surface area contributed by atoms with Gasteiger partial charge in [0.2, 0.25) is 11.7 Å². The smallest absolute Gasteiger partial charge is 0.311 e. The zero-order chi connectivity index (χ0) is 15.4. The van der Waals surface area contributed by atoms with E-state index < -0.39 is 4.92 Å². The Balaban J connectivity index is 1.91. The molecule has 0 bridgehead atoms. The van der Waals surface area contributed by atoms with Crippen LogP contribution in [0.2, 0.25) is 5.15 Å². The predicted molar refractivity (Wildman–Crippen MR) is 77.3 cm³/mol. The van der Waals surface area contributed by atoms with Crippen LogP contribution in [0.3, 0.4) is 0 Å². The Morgan fingerprint density at radius 1 is 1.57 bits per heavy atom. The molecule has 2 rings (SSSR count). The molecule has 1 amide bonds. The number of carbonyl (C=O) groups excluding carboxylic acids is 1. The summed E-state index contributed by atoms with van der Waals surface area (Å²) in [7, 11) is 0. The minimum atomic E-state index is -0.604. The molecule has 7 nitrogen and oxygen atoms in total. The zero-order valence-electron chi connectivity index (χ0n) is 11.5. The van der Waals surface area contributed by atoms with Crippen LogP contribution >= 0.6 is 11.6 Å². The monoisotopic (exact) mass is 313 g/mol. The van der Waals surface area contributed by atoms with E-state index in [1.807, 2.05) is 6.92 Å². The van der Waals surface area contributed by atoms with Crippen molar-refractivity contribution >= 4 is 29.0 Å². The first-order valence-corrected chi connectivity index (χ1v) is 7.09. The number of ether oxygens (including phenoxy) is 1. The third-order valence-electron chi connectivity index (χ3n) is 3.36. The Morgan fingerprint density at radius 3 is 2.90 bits per heavy atom. The van der Waals surface area contributed by atoms with Crippen molar-refractivity contribution in [3.63, 3.8) is 0 Å². The molecule has 0 aromatic carbocycles. The molecule has 0 radical (unpaired) electrons. The summed E-state index contributed by atoms with van der Waals surface area (Å²) in [5.41, 5.74) is -0.270. The molecule has 21 heavy (non-hydrogen) atoms. The van der Waals surface area contributed by atoms with Crippen molar-refractivity contribution in [1.29, 1.82) is 0 Å². The number of nitrogens with zero attached hydrogens (tertiary/aromatic N) is 2. The fraction of sp³-hybridized carbons (Fsp3) is 0.538. The lowest BCUT2D eigenvalue weighted by molar-refractivity contribution is -0.384. The first-order chi connectivity index (χ1) is 9.99. The number of hydrogen-bond acceptors (Lipinski definition) is 5. The highest BCUT2D eigenvalue weighted by molar-refractivity contribution is 6.29. The summed E-state index contributed by atoms with van der Waals surface area (Å²) < 4.78 is 5.42. The number of hydrogen-bond donors (Lipinski definition) is 1. The fourth-order valence-corrected chi connectivity index (χ4v) is 2.47. The van der Waals surface area contributed by atoms with Gasteiger partial charge in [0.15, 0.2) is 0 Å². The van der Waals surface area contributed by atoms with Crippen LogP contribution in [0, 0.1) is 16.0 Å². The molecule has 0 saturated heterocycles. The van der Waals surface area contributed by atoms with Crippen molar-refractivity contribution < 1.29 is 14.5 Å². The number of amides is 1. The highest BCUT2D eigenvalue weighted by Crippen LogP contribution is 2.33. The van der Waals surface area contributed by atoms with Crippen molar-refractivity contribution in [2.24, 2.45) is 5.92 Å². The van der Waals surface area contributed by atoms with Gasteiger partial charge >= 0.3 is 5.69 Å². The summed E-state index contributed by atoms with van der Waals surface area (Å²) in [5, 5.41) is 13.4. The van der Waals surface area contributed by atoms with Crippen molar-refractivity contribution in [2.45, 2.75) is 32.3 Å². The van der Waals surface area contributed by atoms with Crippen LogP contribution in [0.4, 0.5) is 11.5 Å². The first kappa shape index (κ1) is 15.7. The average molecular weight is 314 g/mol.